The minimum absolute atomic E-state index is 0.513. The summed E-state index contributed by atoms with van der Waals surface area (Å²) in [7, 11) is 0. The van der Waals surface area contributed by atoms with Gasteiger partial charge in [-0.2, -0.15) is 0 Å². The molecule has 7 heteroatoms. The van der Waals surface area contributed by atoms with Crippen molar-refractivity contribution >= 4 is 23.1 Å². The van der Waals surface area contributed by atoms with Crippen LogP contribution in [-0.4, -0.2) is 46.0 Å². The average Bonchev–Trinajstić information content (AvgIpc) is 2.59. The molecule has 2 aromatic heterocycles. The molecule has 0 spiro atoms. The molecule has 0 aromatic carbocycles. The summed E-state index contributed by atoms with van der Waals surface area (Å²) in [5.74, 6) is 1.96. The molecule has 0 radical (unpaired) electrons. The van der Waals surface area contributed by atoms with Crippen molar-refractivity contribution < 1.29 is 0 Å². The van der Waals surface area contributed by atoms with Gasteiger partial charge in [0.05, 0.1) is 0 Å². The number of pyridine rings is 1. The van der Waals surface area contributed by atoms with Crippen LogP contribution < -0.4 is 16.4 Å². The zero-order chi connectivity index (χ0) is 16.8. The summed E-state index contributed by atoms with van der Waals surface area (Å²) in [5, 5.41) is 6.48. The van der Waals surface area contributed by atoms with Gasteiger partial charge in [-0.1, -0.05) is 6.42 Å². The fourth-order valence-corrected chi connectivity index (χ4v) is 2.88. The molecule has 128 valence electrons. The Bertz CT molecular complexity index is 668. The molecule has 2 aromatic rings. The average molecular weight is 327 g/mol. The fraction of sp³-hybridized carbons (Fsp3) is 0.471. The topological polar surface area (TPSA) is 92.0 Å². The molecule has 1 aliphatic rings. The van der Waals surface area contributed by atoms with Crippen LogP contribution in [-0.2, 0) is 0 Å². The highest BCUT2D eigenvalue weighted by molar-refractivity contribution is 5.76. The lowest BCUT2D eigenvalue weighted by Crippen LogP contribution is -2.33. The standard InChI is InChI=1S/C17H25N7/c1-13-5-6-19-14(11-13)23-17-15(18)16(21-12-22-17)20-7-10-24-8-3-2-4-9-24/h5-6,11-12H,2-4,7-10,18H2,1H3,(H2,19,20,21,22,23). The van der Waals surface area contributed by atoms with E-state index < -0.39 is 0 Å². The molecular formula is C17H25N7. The Kier molecular flexibility index (Phi) is 5.43. The van der Waals surface area contributed by atoms with Gasteiger partial charge in [0.2, 0.25) is 0 Å². The summed E-state index contributed by atoms with van der Waals surface area (Å²) < 4.78 is 0. The van der Waals surface area contributed by atoms with E-state index in [1.165, 1.54) is 38.7 Å². The van der Waals surface area contributed by atoms with Crippen molar-refractivity contribution in [3.63, 3.8) is 0 Å². The molecule has 0 amide bonds. The molecule has 0 unspecified atom stereocenters. The third-order valence-electron chi connectivity index (χ3n) is 4.21. The smallest absolute Gasteiger partial charge is 0.160 e. The number of likely N-dealkylation sites (tertiary alicyclic amines) is 1. The van der Waals surface area contributed by atoms with E-state index in [0.717, 1.165) is 24.5 Å². The maximum Gasteiger partial charge on any atom is 0.160 e. The lowest BCUT2D eigenvalue weighted by Gasteiger charge is -2.26. The highest BCUT2D eigenvalue weighted by atomic mass is 15.2. The molecular weight excluding hydrogens is 302 g/mol. The van der Waals surface area contributed by atoms with Crippen LogP contribution in [0.25, 0.3) is 0 Å². The number of aromatic nitrogens is 3. The molecule has 1 aliphatic heterocycles. The largest absolute Gasteiger partial charge is 0.393 e. The van der Waals surface area contributed by atoms with Crippen molar-refractivity contribution in [2.45, 2.75) is 26.2 Å². The van der Waals surface area contributed by atoms with E-state index in [9.17, 15) is 0 Å². The van der Waals surface area contributed by atoms with Crippen LogP contribution in [0.4, 0.5) is 23.1 Å². The highest BCUT2D eigenvalue weighted by Crippen LogP contribution is 2.25. The van der Waals surface area contributed by atoms with Crippen LogP contribution in [0.5, 0.6) is 0 Å². The summed E-state index contributed by atoms with van der Waals surface area (Å²) in [5.41, 5.74) is 7.84. The zero-order valence-corrected chi connectivity index (χ0v) is 14.1. The van der Waals surface area contributed by atoms with E-state index in [1.54, 1.807) is 6.20 Å². The third-order valence-corrected chi connectivity index (χ3v) is 4.21. The number of anilines is 4. The minimum atomic E-state index is 0.513. The number of rotatable bonds is 6. The Hall–Kier alpha value is -2.41. The van der Waals surface area contributed by atoms with Crippen LogP contribution in [0.2, 0.25) is 0 Å². The predicted octanol–water partition coefficient (Wildman–Crippen LogP) is 2.40. The molecule has 0 saturated carbocycles. The van der Waals surface area contributed by atoms with Crippen molar-refractivity contribution in [1.82, 2.24) is 19.9 Å². The molecule has 3 heterocycles. The van der Waals surface area contributed by atoms with Gasteiger partial charge in [-0.3, -0.25) is 0 Å². The molecule has 0 bridgehead atoms. The molecule has 7 nitrogen and oxygen atoms in total. The first-order valence-corrected chi connectivity index (χ1v) is 8.49. The normalized spacial score (nSPS) is 15.2. The lowest BCUT2D eigenvalue weighted by atomic mass is 10.1. The van der Waals surface area contributed by atoms with Crippen LogP contribution in [0.3, 0.4) is 0 Å². The van der Waals surface area contributed by atoms with Gasteiger partial charge in [0, 0.05) is 19.3 Å². The van der Waals surface area contributed by atoms with E-state index in [0.29, 0.717) is 17.3 Å². The van der Waals surface area contributed by atoms with Crippen molar-refractivity contribution in [2.24, 2.45) is 0 Å². The quantitative estimate of drug-likeness (QED) is 0.750. The first-order valence-electron chi connectivity index (χ1n) is 8.49. The number of piperidine rings is 1. The number of aryl methyl sites for hydroxylation is 1. The van der Waals surface area contributed by atoms with Crippen LogP contribution >= 0.6 is 0 Å². The van der Waals surface area contributed by atoms with Gasteiger partial charge in [-0.15, -0.1) is 0 Å². The molecule has 0 atom stereocenters. The number of nitrogens with two attached hydrogens (primary N) is 1. The number of nitrogens with one attached hydrogen (secondary N) is 2. The Morgan fingerprint density at radius 3 is 2.71 bits per heavy atom. The second kappa shape index (κ2) is 7.92. The Balaban J connectivity index is 1.60. The molecule has 1 fully saturated rings. The first kappa shape index (κ1) is 16.4. The monoisotopic (exact) mass is 327 g/mol. The minimum Gasteiger partial charge on any atom is -0.393 e. The maximum atomic E-state index is 6.20. The van der Waals surface area contributed by atoms with Crippen molar-refractivity contribution in [2.75, 3.05) is 42.5 Å². The van der Waals surface area contributed by atoms with E-state index in [2.05, 4.69) is 30.5 Å². The molecule has 3 rings (SSSR count). The molecule has 1 saturated heterocycles. The molecule has 4 N–H and O–H groups in total. The van der Waals surface area contributed by atoms with Crippen molar-refractivity contribution in [3.05, 3.63) is 30.2 Å². The number of hydrogen-bond donors (Lipinski definition) is 3. The van der Waals surface area contributed by atoms with E-state index in [-0.39, 0.29) is 0 Å². The molecule has 0 aliphatic carbocycles. The summed E-state index contributed by atoms with van der Waals surface area (Å²) >= 11 is 0. The SMILES string of the molecule is Cc1ccnc(Nc2ncnc(NCCN3CCCCC3)c2N)c1. The summed E-state index contributed by atoms with van der Waals surface area (Å²) in [6.07, 6.45) is 7.22. The maximum absolute atomic E-state index is 6.20. The van der Waals surface area contributed by atoms with Gasteiger partial charge in [0.1, 0.15) is 17.8 Å². The first-order chi connectivity index (χ1) is 11.7. The van der Waals surface area contributed by atoms with Crippen molar-refractivity contribution in [1.29, 1.82) is 0 Å². The fourth-order valence-electron chi connectivity index (χ4n) is 2.88. The van der Waals surface area contributed by atoms with Gasteiger partial charge in [0.15, 0.2) is 11.6 Å². The van der Waals surface area contributed by atoms with Crippen molar-refractivity contribution in [3.8, 4) is 0 Å². The predicted molar refractivity (Wildman–Crippen MR) is 97.5 cm³/mol. The van der Waals surface area contributed by atoms with Gasteiger partial charge >= 0.3 is 0 Å². The van der Waals surface area contributed by atoms with E-state index >= 15 is 0 Å². The lowest BCUT2D eigenvalue weighted by molar-refractivity contribution is 0.237. The second-order valence-electron chi connectivity index (χ2n) is 6.16. The number of hydrogen-bond acceptors (Lipinski definition) is 7. The summed E-state index contributed by atoms with van der Waals surface area (Å²) in [6.45, 7) is 6.22. The zero-order valence-electron chi connectivity index (χ0n) is 14.1. The molecule has 24 heavy (non-hydrogen) atoms. The van der Waals surface area contributed by atoms with Gasteiger partial charge in [-0.25, -0.2) is 15.0 Å². The van der Waals surface area contributed by atoms with Crippen LogP contribution in [0, 0.1) is 6.92 Å². The van der Waals surface area contributed by atoms with E-state index in [1.807, 2.05) is 19.1 Å². The Morgan fingerprint density at radius 1 is 1.12 bits per heavy atom. The van der Waals surface area contributed by atoms with Gasteiger partial charge in [0.25, 0.3) is 0 Å². The number of nitrogen functional groups attached to an aromatic ring is 1. The Labute approximate surface area is 142 Å². The third kappa shape index (κ3) is 4.32. The van der Waals surface area contributed by atoms with Gasteiger partial charge in [-0.05, 0) is 50.6 Å². The summed E-state index contributed by atoms with van der Waals surface area (Å²) in [6, 6.07) is 3.90. The van der Waals surface area contributed by atoms with Gasteiger partial charge < -0.3 is 21.3 Å². The Morgan fingerprint density at radius 2 is 1.92 bits per heavy atom. The second-order valence-corrected chi connectivity index (χ2v) is 6.16. The van der Waals surface area contributed by atoms with Crippen LogP contribution in [0.1, 0.15) is 24.8 Å². The summed E-state index contributed by atoms with van der Waals surface area (Å²) in [4.78, 5) is 15.2. The van der Waals surface area contributed by atoms with Crippen LogP contribution in [0.15, 0.2) is 24.7 Å². The number of nitrogens with zero attached hydrogens (tertiary/aromatic N) is 4. The van der Waals surface area contributed by atoms with E-state index in [4.69, 9.17) is 5.73 Å². The highest BCUT2D eigenvalue weighted by Gasteiger charge is 2.11.